The molecule has 0 radical (unpaired) electrons. The molecule has 0 aliphatic heterocycles. The Balaban J connectivity index is 1.85. The smallest absolute Gasteiger partial charge is 0.313 e. The van der Waals surface area contributed by atoms with Crippen molar-refractivity contribution in [2.24, 2.45) is 0 Å². The van der Waals surface area contributed by atoms with Crippen LogP contribution in [0.3, 0.4) is 0 Å². The summed E-state index contributed by atoms with van der Waals surface area (Å²) in [7, 11) is 2.94. The number of carbonyl (C=O) groups is 1. The highest BCUT2D eigenvalue weighted by molar-refractivity contribution is 6.32. The highest BCUT2D eigenvalue weighted by atomic mass is 35.5. The number of hydrogen-bond acceptors (Lipinski definition) is 6. The third-order valence-corrected chi connectivity index (χ3v) is 3.66. The van der Waals surface area contributed by atoms with Gasteiger partial charge in [0.05, 0.1) is 24.9 Å². The summed E-state index contributed by atoms with van der Waals surface area (Å²) in [5.74, 6) is 0.286. The van der Waals surface area contributed by atoms with Crippen molar-refractivity contribution >= 4 is 23.2 Å². The largest absolute Gasteiger partial charge is 0.495 e. The van der Waals surface area contributed by atoms with Gasteiger partial charge in [-0.25, -0.2) is 0 Å². The summed E-state index contributed by atoms with van der Waals surface area (Å²) in [5.41, 5.74) is 1.09. The molecule has 0 aliphatic carbocycles. The molecule has 0 bridgehead atoms. The molecule has 8 heteroatoms. The fraction of sp³-hybridized carbons (Fsp3) is 0.118. The number of halogens is 1. The second kappa shape index (κ2) is 7.23. The molecule has 0 saturated heterocycles. The van der Waals surface area contributed by atoms with Crippen LogP contribution in [-0.2, 0) is 0 Å². The third kappa shape index (κ3) is 3.56. The zero-order valence-electron chi connectivity index (χ0n) is 13.4. The molecule has 25 heavy (non-hydrogen) atoms. The molecule has 3 aromatic rings. The predicted molar refractivity (Wildman–Crippen MR) is 92.2 cm³/mol. The number of ether oxygens (including phenoxy) is 2. The molecule has 2 aromatic carbocycles. The minimum absolute atomic E-state index is 0.171. The number of amides is 1. The van der Waals surface area contributed by atoms with E-state index in [-0.39, 0.29) is 11.8 Å². The Kier molecular flexibility index (Phi) is 4.85. The lowest BCUT2D eigenvalue weighted by atomic mass is 10.2. The van der Waals surface area contributed by atoms with Crippen LogP contribution in [0.5, 0.6) is 11.5 Å². The summed E-state index contributed by atoms with van der Waals surface area (Å²) in [6, 6.07) is 12.2. The molecule has 128 valence electrons. The number of aromatic nitrogens is 2. The molecule has 0 aliphatic rings. The van der Waals surface area contributed by atoms with Crippen LogP contribution in [0.25, 0.3) is 11.5 Å². The Bertz CT molecular complexity index is 896. The molecule has 0 fully saturated rings. The van der Waals surface area contributed by atoms with Crippen molar-refractivity contribution in [1.29, 1.82) is 0 Å². The normalized spacial score (nSPS) is 10.4. The molecule has 1 aromatic heterocycles. The van der Waals surface area contributed by atoms with Gasteiger partial charge in [0.1, 0.15) is 11.5 Å². The number of nitrogens with zero attached hydrogens (tertiary/aromatic N) is 2. The predicted octanol–water partition coefficient (Wildman–Crippen LogP) is 3.66. The Morgan fingerprint density at radius 2 is 1.80 bits per heavy atom. The average Bonchev–Trinajstić information content (AvgIpc) is 3.13. The van der Waals surface area contributed by atoms with Gasteiger partial charge in [0.25, 0.3) is 0 Å². The van der Waals surface area contributed by atoms with Crippen LogP contribution >= 0.6 is 11.6 Å². The van der Waals surface area contributed by atoms with Crippen LogP contribution in [0.2, 0.25) is 5.02 Å². The lowest BCUT2D eigenvalue weighted by Crippen LogP contribution is -2.13. The van der Waals surface area contributed by atoms with Gasteiger partial charge in [-0.2, -0.15) is 0 Å². The van der Waals surface area contributed by atoms with Crippen molar-refractivity contribution in [2.45, 2.75) is 0 Å². The van der Waals surface area contributed by atoms with Gasteiger partial charge in [-0.1, -0.05) is 29.8 Å². The average molecular weight is 360 g/mol. The molecular formula is C17H14ClN3O4. The number of methoxy groups -OCH3 is 2. The van der Waals surface area contributed by atoms with E-state index in [9.17, 15) is 4.79 Å². The Morgan fingerprint density at radius 3 is 2.48 bits per heavy atom. The lowest BCUT2D eigenvalue weighted by Gasteiger charge is -2.12. The van der Waals surface area contributed by atoms with Gasteiger partial charge < -0.3 is 19.2 Å². The van der Waals surface area contributed by atoms with Gasteiger partial charge >= 0.3 is 11.8 Å². The summed E-state index contributed by atoms with van der Waals surface area (Å²) in [6.45, 7) is 0. The molecule has 1 N–H and O–H groups in total. The van der Waals surface area contributed by atoms with Crippen LogP contribution in [0, 0.1) is 0 Å². The number of hydrogen-bond donors (Lipinski definition) is 1. The molecule has 1 amide bonds. The van der Waals surface area contributed by atoms with E-state index >= 15 is 0 Å². The number of nitrogens with one attached hydrogen (secondary N) is 1. The third-order valence-electron chi connectivity index (χ3n) is 3.36. The number of rotatable bonds is 5. The molecule has 1 heterocycles. The van der Waals surface area contributed by atoms with Crippen molar-refractivity contribution in [3.8, 4) is 23.0 Å². The van der Waals surface area contributed by atoms with Gasteiger partial charge in [-0.3, -0.25) is 4.79 Å². The van der Waals surface area contributed by atoms with Crippen LogP contribution in [0.15, 0.2) is 46.9 Å². The fourth-order valence-electron chi connectivity index (χ4n) is 2.15. The lowest BCUT2D eigenvalue weighted by molar-refractivity contribution is 0.0990. The molecule has 0 saturated carbocycles. The molecule has 7 nitrogen and oxygen atoms in total. The van der Waals surface area contributed by atoms with E-state index in [0.29, 0.717) is 22.2 Å². The van der Waals surface area contributed by atoms with Crippen LogP contribution in [-0.4, -0.2) is 30.3 Å². The maximum absolute atomic E-state index is 12.4. The first-order valence-corrected chi connectivity index (χ1v) is 7.62. The van der Waals surface area contributed by atoms with E-state index in [4.69, 9.17) is 25.5 Å². The summed E-state index contributed by atoms with van der Waals surface area (Å²) in [6.07, 6.45) is 0. The monoisotopic (exact) mass is 359 g/mol. The molecule has 0 atom stereocenters. The van der Waals surface area contributed by atoms with E-state index in [1.165, 1.54) is 14.2 Å². The summed E-state index contributed by atoms with van der Waals surface area (Å²) in [5, 5.41) is 10.7. The Hall–Kier alpha value is -3.06. The van der Waals surface area contributed by atoms with E-state index in [1.54, 1.807) is 12.1 Å². The number of anilines is 1. The first kappa shape index (κ1) is 16.8. The maximum Gasteiger partial charge on any atom is 0.313 e. The van der Waals surface area contributed by atoms with Gasteiger partial charge in [-0.05, 0) is 12.1 Å². The quantitative estimate of drug-likeness (QED) is 0.748. The van der Waals surface area contributed by atoms with E-state index < -0.39 is 5.91 Å². The first-order valence-electron chi connectivity index (χ1n) is 7.24. The summed E-state index contributed by atoms with van der Waals surface area (Å²) >= 11 is 6.05. The van der Waals surface area contributed by atoms with Gasteiger partial charge in [-0.15, -0.1) is 10.2 Å². The van der Waals surface area contributed by atoms with Crippen molar-refractivity contribution < 1.29 is 18.7 Å². The van der Waals surface area contributed by atoms with Crippen molar-refractivity contribution in [2.75, 3.05) is 19.5 Å². The van der Waals surface area contributed by atoms with Gasteiger partial charge in [0.15, 0.2) is 0 Å². The topological polar surface area (TPSA) is 86.5 Å². The Morgan fingerprint density at radius 1 is 1.08 bits per heavy atom. The van der Waals surface area contributed by atoms with Crippen molar-refractivity contribution in [3.05, 3.63) is 53.4 Å². The van der Waals surface area contributed by atoms with Crippen LogP contribution in [0.1, 0.15) is 10.7 Å². The standard InChI is InChI=1S/C17H14ClN3O4/c1-23-13-9-12(14(24-2)8-11(13)18)19-15(22)17-21-20-16(25-17)10-6-4-3-5-7-10/h3-9H,1-2H3,(H,19,22). The molecule has 0 unspecified atom stereocenters. The minimum atomic E-state index is -0.572. The van der Waals surface area contributed by atoms with Crippen LogP contribution in [0.4, 0.5) is 5.69 Å². The fourth-order valence-corrected chi connectivity index (χ4v) is 2.38. The van der Waals surface area contributed by atoms with Crippen molar-refractivity contribution in [3.63, 3.8) is 0 Å². The number of benzene rings is 2. The van der Waals surface area contributed by atoms with E-state index in [2.05, 4.69) is 15.5 Å². The van der Waals surface area contributed by atoms with E-state index in [1.807, 2.05) is 30.3 Å². The Labute approximate surface area is 148 Å². The maximum atomic E-state index is 12.4. The second-order valence-corrected chi connectivity index (χ2v) is 5.33. The van der Waals surface area contributed by atoms with Gasteiger partial charge in [0.2, 0.25) is 5.89 Å². The second-order valence-electron chi connectivity index (χ2n) is 4.92. The highest BCUT2D eigenvalue weighted by Crippen LogP contribution is 2.36. The van der Waals surface area contributed by atoms with Crippen LogP contribution < -0.4 is 14.8 Å². The highest BCUT2D eigenvalue weighted by Gasteiger charge is 2.19. The molecular weight excluding hydrogens is 346 g/mol. The molecule has 0 spiro atoms. The number of carbonyl (C=O) groups excluding carboxylic acids is 1. The summed E-state index contributed by atoms with van der Waals surface area (Å²) in [4.78, 5) is 12.4. The van der Waals surface area contributed by atoms with Crippen molar-refractivity contribution in [1.82, 2.24) is 10.2 Å². The SMILES string of the molecule is COc1cc(NC(=O)c2nnc(-c3ccccc3)o2)c(OC)cc1Cl. The van der Waals surface area contributed by atoms with Gasteiger partial charge in [0, 0.05) is 17.7 Å². The molecule has 3 rings (SSSR count). The zero-order valence-corrected chi connectivity index (χ0v) is 14.2. The first-order chi connectivity index (χ1) is 12.1. The minimum Gasteiger partial charge on any atom is -0.495 e. The summed E-state index contributed by atoms with van der Waals surface area (Å²) < 4.78 is 15.8. The van der Waals surface area contributed by atoms with E-state index in [0.717, 1.165) is 5.56 Å². The zero-order chi connectivity index (χ0) is 17.8.